The molecule has 0 saturated heterocycles. The molecule has 0 bridgehead atoms. The lowest BCUT2D eigenvalue weighted by Crippen LogP contribution is -2.36. The van der Waals surface area contributed by atoms with Crippen molar-refractivity contribution in [2.45, 2.75) is 59.0 Å². The number of hydrogen-bond acceptors (Lipinski definition) is 3. The van der Waals surface area contributed by atoms with Crippen LogP contribution in [-0.4, -0.2) is 17.4 Å². The van der Waals surface area contributed by atoms with E-state index in [0.717, 1.165) is 25.7 Å². The molecular formula is C13H22O3. The molecule has 16 heavy (non-hydrogen) atoms. The third-order valence-electron chi connectivity index (χ3n) is 3.00. The Morgan fingerprint density at radius 2 is 1.56 bits per heavy atom. The maximum Gasteiger partial charge on any atom is 0.310 e. The Morgan fingerprint density at radius 3 is 2.00 bits per heavy atom. The Bertz CT molecular complexity index is 275. The molecule has 0 aromatic rings. The van der Waals surface area contributed by atoms with Gasteiger partial charge in [0.25, 0.3) is 0 Å². The minimum Gasteiger partial charge on any atom is -0.460 e. The molecule has 92 valence electrons. The zero-order valence-electron chi connectivity index (χ0n) is 10.7. The van der Waals surface area contributed by atoms with Crippen molar-refractivity contribution in [1.29, 1.82) is 0 Å². The predicted octanol–water partition coefficient (Wildman–Crippen LogP) is 2.72. The number of rotatable bonds is 2. The van der Waals surface area contributed by atoms with Gasteiger partial charge in [-0.1, -0.05) is 12.8 Å². The van der Waals surface area contributed by atoms with Crippen LogP contribution >= 0.6 is 0 Å². The molecule has 0 aromatic heterocycles. The normalized spacial score (nSPS) is 26.2. The molecule has 0 aliphatic heterocycles. The van der Waals surface area contributed by atoms with Crippen molar-refractivity contribution >= 4 is 11.8 Å². The highest BCUT2D eigenvalue weighted by atomic mass is 16.6. The van der Waals surface area contributed by atoms with Crippen molar-refractivity contribution in [3.63, 3.8) is 0 Å². The minimum absolute atomic E-state index is 0.121. The predicted molar refractivity (Wildman–Crippen MR) is 62.0 cm³/mol. The van der Waals surface area contributed by atoms with E-state index in [4.69, 9.17) is 4.74 Å². The SMILES string of the molecule is CC(=O)[C@H]1CCCC[C@H]1C(=O)OC(C)(C)C. The largest absolute Gasteiger partial charge is 0.460 e. The zero-order valence-corrected chi connectivity index (χ0v) is 10.7. The molecule has 1 saturated carbocycles. The van der Waals surface area contributed by atoms with Gasteiger partial charge >= 0.3 is 5.97 Å². The fraction of sp³-hybridized carbons (Fsp3) is 0.846. The number of ether oxygens (including phenoxy) is 1. The van der Waals surface area contributed by atoms with E-state index in [0.29, 0.717) is 0 Å². The number of ketones is 1. The summed E-state index contributed by atoms with van der Waals surface area (Å²) in [4.78, 5) is 23.4. The van der Waals surface area contributed by atoms with Gasteiger partial charge in [-0.3, -0.25) is 9.59 Å². The summed E-state index contributed by atoms with van der Waals surface area (Å²) in [6, 6.07) is 0. The quantitative estimate of drug-likeness (QED) is 0.680. The lowest BCUT2D eigenvalue weighted by molar-refractivity contribution is -0.164. The van der Waals surface area contributed by atoms with Gasteiger partial charge in [0.1, 0.15) is 11.4 Å². The van der Waals surface area contributed by atoms with Crippen molar-refractivity contribution in [2.75, 3.05) is 0 Å². The van der Waals surface area contributed by atoms with E-state index in [-0.39, 0.29) is 23.6 Å². The molecule has 0 aromatic carbocycles. The summed E-state index contributed by atoms with van der Waals surface area (Å²) in [5, 5.41) is 0. The van der Waals surface area contributed by atoms with E-state index in [1.165, 1.54) is 0 Å². The van der Waals surface area contributed by atoms with Crippen LogP contribution in [0.4, 0.5) is 0 Å². The lowest BCUT2D eigenvalue weighted by atomic mass is 9.77. The van der Waals surface area contributed by atoms with E-state index in [2.05, 4.69) is 0 Å². The second kappa shape index (κ2) is 4.98. The van der Waals surface area contributed by atoms with E-state index < -0.39 is 5.60 Å². The minimum atomic E-state index is -0.462. The molecule has 1 aliphatic carbocycles. The summed E-state index contributed by atoms with van der Waals surface area (Å²) in [7, 11) is 0. The second-order valence-electron chi connectivity index (χ2n) is 5.64. The first-order valence-electron chi connectivity index (χ1n) is 6.04. The Hall–Kier alpha value is -0.860. The Balaban J connectivity index is 2.68. The van der Waals surface area contributed by atoms with E-state index in [1.54, 1.807) is 6.92 Å². The van der Waals surface area contributed by atoms with Crippen molar-refractivity contribution < 1.29 is 14.3 Å². The molecule has 2 atom stereocenters. The van der Waals surface area contributed by atoms with Gasteiger partial charge in [0.15, 0.2) is 0 Å². The van der Waals surface area contributed by atoms with Crippen molar-refractivity contribution in [2.24, 2.45) is 11.8 Å². The molecule has 0 unspecified atom stereocenters. The van der Waals surface area contributed by atoms with Gasteiger partial charge in [-0.05, 0) is 40.5 Å². The maximum atomic E-state index is 12.0. The van der Waals surface area contributed by atoms with Crippen LogP contribution in [0.15, 0.2) is 0 Å². The van der Waals surface area contributed by atoms with Crippen LogP contribution in [0.1, 0.15) is 53.4 Å². The van der Waals surface area contributed by atoms with Gasteiger partial charge in [0.2, 0.25) is 0 Å². The van der Waals surface area contributed by atoms with Crippen LogP contribution in [0.25, 0.3) is 0 Å². The summed E-state index contributed by atoms with van der Waals surface area (Å²) in [6.45, 7) is 7.15. The highest BCUT2D eigenvalue weighted by Gasteiger charge is 2.36. The molecule has 0 spiro atoms. The standard InChI is InChI=1S/C13H22O3/c1-9(14)10-7-5-6-8-11(10)12(15)16-13(2,3)4/h10-11H,5-8H2,1-4H3/t10-,11-/m1/s1. The van der Waals surface area contributed by atoms with Crippen molar-refractivity contribution in [3.05, 3.63) is 0 Å². The Morgan fingerprint density at radius 1 is 1.06 bits per heavy atom. The van der Waals surface area contributed by atoms with E-state index in [1.807, 2.05) is 20.8 Å². The highest BCUT2D eigenvalue weighted by molar-refractivity contribution is 5.85. The summed E-state index contributed by atoms with van der Waals surface area (Å²) < 4.78 is 5.37. The number of Topliss-reactive ketones (excluding diaryl/α,β-unsaturated/α-hetero) is 1. The topological polar surface area (TPSA) is 43.4 Å². The van der Waals surface area contributed by atoms with Crippen LogP contribution in [0, 0.1) is 11.8 Å². The van der Waals surface area contributed by atoms with E-state index >= 15 is 0 Å². The number of carbonyl (C=O) groups is 2. The molecular weight excluding hydrogens is 204 g/mol. The van der Waals surface area contributed by atoms with Crippen LogP contribution < -0.4 is 0 Å². The van der Waals surface area contributed by atoms with Gasteiger partial charge in [-0.25, -0.2) is 0 Å². The molecule has 0 amide bonds. The van der Waals surface area contributed by atoms with Crippen LogP contribution in [-0.2, 0) is 14.3 Å². The first-order valence-corrected chi connectivity index (χ1v) is 6.04. The fourth-order valence-electron chi connectivity index (χ4n) is 2.28. The molecule has 0 radical (unpaired) electrons. The van der Waals surface area contributed by atoms with Crippen molar-refractivity contribution in [3.8, 4) is 0 Å². The Labute approximate surface area is 97.5 Å². The van der Waals surface area contributed by atoms with Gasteiger partial charge in [-0.15, -0.1) is 0 Å². The summed E-state index contributed by atoms with van der Waals surface area (Å²) in [6.07, 6.45) is 3.69. The average Bonchev–Trinajstić information content (AvgIpc) is 2.15. The van der Waals surface area contributed by atoms with Crippen LogP contribution in [0.5, 0.6) is 0 Å². The van der Waals surface area contributed by atoms with Gasteiger partial charge in [-0.2, -0.15) is 0 Å². The lowest BCUT2D eigenvalue weighted by Gasteiger charge is -2.30. The summed E-state index contributed by atoms with van der Waals surface area (Å²) in [5.41, 5.74) is -0.462. The molecule has 1 aliphatic rings. The fourth-order valence-corrected chi connectivity index (χ4v) is 2.28. The van der Waals surface area contributed by atoms with Crippen LogP contribution in [0.2, 0.25) is 0 Å². The van der Waals surface area contributed by atoms with Crippen LogP contribution in [0.3, 0.4) is 0 Å². The molecule has 3 nitrogen and oxygen atoms in total. The molecule has 0 N–H and O–H groups in total. The third-order valence-corrected chi connectivity index (χ3v) is 3.00. The third kappa shape index (κ3) is 3.62. The highest BCUT2D eigenvalue weighted by Crippen LogP contribution is 2.32. The molecule has 0 heterocycles. The first-order chi connectivity index (χ1) is 7.31. The van der Waals surface area contributed by atoms with Gasteiger partial charge in [0, 0.05) is 5.92 Å². The second-order valence-corrected chi connectivity index (χ2v) is 5.64. The molecule has 1 rings (SSSR count). The zero-order chi connectivity index (χ0) is 12.3. The monoisotopic (exact) mass is 226 g/mol. The molecule has 1 fully saturated rings. The summed E-state index contributed by atoms with van der Waals surface area (Å²) in [5.74, 6) is -0.419. The van der Waals surface area contributed by atoms with Gasteiger partial charge in [0.05, 0.1) is 5.92 Å². The molecule has 3 heteroatoms. The van der Waals surface area contributed by atoms with E-state index in [9.17, 15) is 9.59 Å². The smallest absolute Gasteiger partial charge is 0.310 e. The number of carbonyl (C=O) groups excluding carboxylic acids is 2. The Kier molecular flexibility index (Phi) is 4.11. The van der Waals surface area contributed by atoms with Gasteiger partial charge < -0.3 is 4.74 Å². The number of hydrogen-bond donors (Lipinski definition) is 0. The average molecular weight is 226 g/mol. The summed E-state index contributed by atoms with van der Waals surface area (Å²) >= 11 is 0. The maximum absolute atomic E-state index is 12.0. The number of esters is 1. The van der Waals surface area contributed by atoms with Crippen molar-refractivity contribution in [1.82, 2.24) is 0 Å². The first kappa shape index (κ1) is 13.2.